The second-order valence-corrected chi connectivity index (χ2v) is 19.3. The number of aromatic hydroxyl groups is 6. The average molecular weight is 807 g/mol. The van der Waals surface area contributed by atoms with Crippen molar-refractivity contribution < 1.29 is 30.6 Å². The molecule has 0 aromatic heterocycles. The fourth-order valence-corrected chi connectivity index (χ4v) is 10.7. The van der Waals surface area contributed by atoms with Crippen LogP contribution in [0.1, 0.15) is 120 Å². The molecule has 0 aliphatic rings. The Morgan fingerprint density at radius 2 is 0.550 bits per heavy atom. The van der Waals surface area contributed by atoms with E-state index in [2.05, 4.69) is 48.5 Å². The summed E-state index contributed by atoms with van der Waals surface area (Å²) >= 11 is 0. The molecule has 314 valence electrons. The maximum absolute atomic E-state index is 10.6. The third-order valence-electron chi connectivity index (χ3n) is 13.3. The number of hydrogen-bond acceptors (Lipinski definition) is 6. The minimum Gasteiger partial charge on any atom is -0.508 e. The molecule has 0 spiro atoms. The van der Waals surface area contributed by atoms with Gasteiger partial charge in [0.25, 0.3) is 0 Å². The molecule has 6 aromatic carbocycles. The van der Waals surface area contributed by atoms with E-state index in [-0.39, 0.29) is 45.8 Å². The molecule has 0 radical (unpaired) electrons. The quantitative estimate of drug-likeness (QED) is 0.0579. The molecule has 0 fully saturated rings. The number of benzene rings is 6. The molecule has 0 aliphatic heterocycles. The largest absolute Gasteiger partial charge is 0.508 e. The summed E-state index contributed by atoms with van der Waals surface area (Å²) in [5.74, 6) is 1.37. The summed E-state index contributed by atoms with van der Waals surface area (Å²) < 4.78 is 0. The topological polar surface area (TPSA) is 121 Å². The summed E-state index contributed by atoms with van der Waals surface area (Å²) in [7, 11) is 0. The highest BCUT2D eigenvalue weighted by atomic mass is 16.3. The van der Waals surface area contributed by atoms with Crippen molar-refractivity contribution in [2.45, 2.75) is 114 Å². The van der Waals surface area contributed by atoms with Crippen LogP contribution in [0, 0.1) is 0 Å². The van der Waals surface area contributed by atoms with Gasteiger partial charge in [0.2, 0.25) is 0 Å². The van der Waals surface area contributed by atoms with Crippen LogP contribution in [0.25, 0.3) is 0 Å². The molecule has 5 atom stereocenters. The maximum Gasteiger partial charge on any atom is 0.115 e. The first kappa shape index (κ1) is 43.7. The van der Waals surface area contributed by atoms with Crippen molar-refractivity contribution in [2.24, 2.45) is 0 Å². The van der Waals surface area contributed by atoms with E-state index >= 15 is 0 Å². The van der Waals surface area contributed by atoms with Gasteiger partial charge in [-0.3, -0.25) is 0 Å². The number of rotatable bonds is 16. The fraction of sp³-hybridized carbons (Fsp3) is 0.333. The van der Waals surface area contributed by atoms with Gasteiger partial charge in [-0.05, 0) is 171 Å². The van der Waals surface area contributed by atoms with Crippen LogP contribution in [-0.4, -0.2) is 30.6 Å². The molecule has 60 heavy (non-hydrogen) atoms. The Morgan fingerprint density at radius 1 is 0.317 bits per heavy atom. The van der Waals surface area contributed by atoms with E-state index in [1.807, 2.05) is 72.8 Å². The summed E-state index contributed by atoms with van der Waals surface area (Å²) in [6.07, 6.45) is 3.61. The van der Waals surface area contributed by atoms with E-state index in [0.717, 1.165) is 46.2 Å². The van der Waals surface area contributed by atoms with Crippen LogP contribution in [-0.2, 0) is 27.1 Å². The van der Waals surface area contributed by atoms with Crippen molar-refractivity contribution in [2.75, 3.05) is 0 Å². The Kier molecular flexibility index (Phi) is 12.4. The van der Waals surface area contributed by atoms with E-state index in [9.17, 15) is 30.6 Å². The molecule has 0 heterocycles. The summed E-state index contributed by atoms with van der Waals surface area (Å²) in [6.45, 7) is 16.0. The van der Waals surface area contributed by atoms with Crippen molar-refractivity contribution in [3.05, 3.63) is 179 Å². The first-order chi connectivity index (χ1) is 28.2. The van der Waals surface area contributed by atoms with E-state index in [1.165, 1.54) is 0 Å². The Labute approximate surface area is 356 Å². The smallest absolute Gasteiger partial charge is 0.115 e. The Balaban J connectivity index is 1.52. The standard InChI is InChI=1S/C54H62O6/c1-37(38-8-20-44(55)21-9-38)32-51(4,40-12-24-46(57)25-13-40)34-53(6,42-16-28-48(59)29-17-42)36-54(7,43-18-30-49(60)31-19-43)35-52(5,41-14-26-47(58)27-15-41)33-50(2,3)39-10-22-45(56)23-11-39/h8-31,37,55-60H,32-36H2,1-7H3. The first-order valence-corrected chi connectivity index (χ1v) is 21.0. The van der Waals surface area contributed by atoms with Gasteiger partial charge in [-0.2, -0.15) is 0 Å². The van der Waals surface area contributed by atoms with Crippen LogP contribution in [0.4, 0.5) is 0 Å². The van der Waals surface area contributed by atoms with Gasteiger partial charge in [-0.15, -0.1) is 0 Å². The van der Waals surface area contributed by atoms with Gasteiger partial charge >= 0.3 is 0 Å². The minimum atomic E-state index is -0.517. The lowest BCUT2D eigenvalue weighted by atomic mass is 9.54. The average Bonchev–Trinajstić information content (AvgIpc) is 3.18. The van der Waals surface area contributed by atoms with Crippen LogP contribution in [0.5, 0.6) is 34.5 Å². The number of hydrogen-bond donors (Lipinski definition) is 6. The highest BCUT2D eigenvalue weighted by Crippen LogP contribution is 2.54. The molecule has 0 saturated carbocycles. The zero-order valence-corrected chi connectivity index (χ0v) is 36.2. The van der Waals surface area contributed by atoms with Crippen molar-refractivity contribution in [3.63, 3.8) is 0 Å². The molecule has 6 heteroatoms. The summed E-state index contributed by atoms with van der Waals surface area (Å²) in [5.41, 5.74) is 4.38. The molecule has 6 rings (SSSR count). The van der Waals surface area contributed by atoms with E-state index in [4.69, 9.17) is 0 Å². The van der Waals surface area contributed by atoms with Crippen LogP contribution in [0.2, 0.25) is 0 Å². The highest BCUT2D eigenvalue weighted by Gasteiger charge is 2.47. The normalized spacial score (nSPS) is 16.4. The van der Waals surface area contributed by atoms with Crippen molar-refractivity contribution in [1.29, 1.82) is 0 Å². The molecule has 6 N–H and O–H groups in total. The van der Waals surface area contributed by atoms with Crippen molar-refractivity contribution >= 4 is 0 Å². The van der Waals surface area contributed by atoms with Crippen molar-refractivity contribution in [3.8, 4) is 34.5 Å². The Bertz CT molecular complexity index is 2320. The molecule has 0 bridgehead atoms. The zero-order chi connectivity index (χ0) is 43.5. The van der Waals surface area contributed by atoms with Crippen molar-refractivity contribution in [1.82, 2.24) is 0 Å². The summed E-state index contributed by atoms with van der Waals surface area (Å²) in [6, 6.07) is 45.3. The van der Waals surface area contributed by atoms with Gasteiger partial charge in [0, 0.05) is 0 Å². The molecular formula is C54H62O6. The van der Waals surface area contributed by atoms with Gasteiger partial charge in [0.1, 0.15) is 34.5 Å². The van der Waals surface area contributed by atoms with Gasteiger partial charge in [-0.25, -0.2) is 0 Å². The molecular weight excluding hydrogens is 745 g/mol. The summed E-state index contributed by atoms with van der Waals surface area (Å²) in [5, 5.41) is 62.4. The monoisotopic (exact) mass is 806 g/mol. The fourth-order valence-electron chi connectivity index (χ4n) is 10.7. The zero-order valence-electron chi connectivity index (χ0n) is 36.2. The number of phenols is 6. The number of phenolic OH excluding ortho intramolecular Hbond substituents is 6. The van der Waals surface area contributed by atoms with E-state index in [1.54, 1.807) is 72.8 Å². The molecule has 5 unspecified atom stereocenters. The molecule has 6 aromatic rings. The van der Waals surface area contributed by atoms with Crippen LogP contribution >= 0.6 is 0 Å². The SMILES string of the molecule is CC(CC(C)(CC(C)(CC(C)(CC(C)(CC(C)(C)c1ccc(O)cc1)c1ccc(O)cc1)c1ccc(O)cc1)c1ccc(O)cc1)c1ccc(O)cc1)c1ccc(O)cc1. The molecule has 0 amide bonds. The van der Waals surface area contributed by atoms with Crippen LogP contribution in [0.15, 0.2) is 146 Å². The van der Waals surface area contributed by atoms with E-state index in [0.29, 0.717) is 19.3 Å². The Hall–Kier alpha value is -5.88. The molecule has 0 saturated heterocycles. The van der Waals surface area contributed by atoms with Gasteiger partial charge in [0.15, 0.2) is 0 Å². The summed E-state index contributed by atoms with van der Waals surface area (Å²) in [4.78, 5) is 0. The second-order valence-electron chi connectivity index (χ2n) is 19.3. The third-order valence-corrected chi connectivity index (χ3v) is 13.3. The first-order valence-electron chi connectivity index (χ1n) is 21.0. The predicted molar refractivity (Wildman–Crippen MR) is 243 cm³/mol. The van der Waals surface area contributed by atoms with Gasteiger partial charge < -0.3 is 30.6 Å². The lowest BCUT2D eigenvalue weighted by molar-refractivity contribution is 0.179. The van der Waals surface area contributed by atoms with Crippen LogP contribution in [0.3, 0.4) is 0 Å². The lowest BCUT2D eigenvalue weighted by Gasteiger charge is -2.50. The predicted octanol–water partition coefficient (Wildman–Crippen LogP) is 12.8. The minimum absolute atomic E-state index is 0.122. The third kappa shape index (κ3) is 9.93. The lowest BCUT2D eigenvalue weighted by Crippen LogP contribution is -2.44. The van der Waals surface area contributed by atoms with Gasteiger partial charge in [0.05, 0.1) is 0 Å². The maximum atomic E-state index is 10.6. The van der Waals surface area contributed by atoms with E-state index < -0.39 is 21.7 Å². The molecule has 6 nitrogen and oxygen atoms in total. The Morgan fingerprint density at radius 3 is 0.867 bits per heavy atom. The highest BCUT2D eigenvalue weighted by molar-refractivity contribution is 5.42. The second kappa shape index (κ2) is 17.0. The molecule has 0 aliphatic carbocycles. The van der Waals surface area contributed by atoms with Crippen LogP contribution < -0.4 is 0 Å². The van der Waals surface area contributed by atoms with Gasteiger partial charge in [-0.1, -0.05) is 121 Å².